The summed E-state index contributed by atoms with van der Waals surface area (Å²) in [5.41, 5.74) is 2.97. The Balaban J connectivity index is 2.07. The fourth-order valence-electron chi connectivity index (χ4n) is 2.26. The zero-order valence-corrected chi connectivity index (χ0v) is 11.1. The van der Waals surface area contributed by atoms with Gasteiger partial charge in [0, 0.05) is 36.6 Å². The second kappa shape index (κ2) is 5.17. The molecule has 0 aliphatic carbocycles. The number of pyridine rings is 1. The number of carbonyl (C=O) groups excluding carboxylic acids is 1. The minimum absolute atomic E-state index is 0.314. The number of aromatic nitrogens is 2. The maximum Gasteiger partial charge on any atom is 0.308 e. The van der Waals surface area contributed by atoms with Gasteiger partial charge in [0.15, 0.2) is 5.75 Å². The molecule has 0 bridgehead atoms. The Morgan fingerprint density at radius 2 is 1.95 bits per heavy atom. The van der Waals surface area contributed by atoms with Gasteiger partial charge in [-0.3, -0.25) is 9.78 Å². The van der Waals surface area contributed by atoms with E-state index in [1.165, 1.54) is 6.92 Å². The Kier molecular flexibility index (Phi) is 3.21. The van der Waals surface area contributed by atoms with E-state index in [2.05, 4.69) is 9.97 Å². The number of rotatable bonds is 3. The van der Waals surface area contributed by atoms with Gasteiger partial charge in [0.05, 0.1) is 5.69 Å². The highest BCUT2D eigenvalue weighted by Crippen LogP contribution is 2.31. The Morgan fingerprint density at radius 1 is 1.20 bits per heavy atom. The quantitative estimate of drug-likeness (QED) is 0.741. The Morgan fingerprint density at radius 3 is 2.70 bits per heavy atom. The Bertz CT molecular complexity index is 748. The van der Waals surface area contributed by atoms with E-state index in [-0.39, 0.29) is 5.97 Å². The minimum atomic E-state index is -0.314. The predicted molar refractivity (Wildman–Crippen MR) is 76.7 cm³/mol. The molecular weight excluding hydrogens is 252 g/mol. The Labute approximate surface area is 116 Å². The number of carbonyl (C=O) groups is 1. The van der Waals surface area contributed by atoms with Crippen molar-refractivity contribution >= 4 is 16.9 Å². The van der Waals surface area contributed by atoms with Crippen LogP contribution in [0.3, 0.4) is 0 Å². The second-order valence-electron chi connectivity index (χ2n) is 4.60. The smallest absolute Gasteiger partial charge is 0.308 e. The van der Waals surface area contributed by atoms with Gasteiger partial charge in [-0.2, -0.15) is 0 Å². The van der Waals surface area contributed by atoms with Crippen molar-refractivity contribution in [3.8, 4) is 5.75 Å². The zero-order chi connectivity index (χ0) is 13.9. The van der Waals surface area contributed by atoms with Gasteiger partial charge in [-0.15, -0.1) is 0 Å². The summed E-state index contributed by atoms with van der Waals surface area (Å²) >= 11 is 0. The number of para-hydroxylation sites is 1. The van der Waals surface area contributed by atoms with E-state index in [9.17, 15) is 4.79 Å². The summed E-state index contributed by atoms with van der Waals surface area (Å²) in [7, 11) is 0. The van der Waals surface area contributed by atoms with Gasteiger partial charge < -0.3 is 9.72 Å². The van der Waals surface area contributed by atoms with E-state index in [4.69, 9.17) is 4.74 Å². The third-order valence-corrected chi connectivity index (χ3v) is 3.11. The summed E-state index contributed by atoms with van der Waals surface area (Å²) in [5, 5.41) is 0.923. The molecule has 4 nitrogen and oxygen atoms in total. The normalized spacial score (nSPS) is 10.7. The summed E-state index contributed by atoms with van der Waals surface area (Å²) in [6, 6.07) is 11.7. The molecule has 0 unspecified atom stereocenters. The van der Waals surface area contributed by atoms with Crippen LogP contribution < -0.4 is 4.74 Å². The second-order valence-corrected chi connectivity index (χ2v) is 4.60. The van der Waals surface area contributed by atoms with Crippen molar-refractivity contribution in [2.75, 3.05) is 0 Å². The molecule has 0 saturated carbocycles. The van der Waals surface area contributed by atoms with Crippen LogP contribution in [0.1, 0.15) is 18.2 Å². The fraction of sp³-hybridized carbons (Fsp3) is 0.125. The van der Waals surface area contributed by atoms with E-state index >= 15 is 0 Å². The van der Waals surface area contributed by atoms with Gasteiger partial charge in [0.2, 0.25) is 0 Å². The van der Waals surface area contributed by atoms with Gasteiger partial charge in [-0.25, -0.2) is 0 Å². The number of aromatic amines is 1. The predicted octanol–water partition coefficient (Wildman–Crippen LogP) is 3.08. The molecule has 3 rings (SSSR count). The molecule has 0 aliphatic heterocycles. The molecule has 1 aromatic carbocycles. The van der Waals surface area contributed by atoms with E-state index in [0.717, 1.165) is 22.2 Å². The van der Waals surface area contributed by atoms with E-state index in [1.807, 2.05) is 36.4 Å². The number of H-pyrrole nitrogens is 1. The molecule has 0 atom stereocenters. The molecule has 2 aromatic heterocycles. The van der Waals surface area contributed by atoms with Crippen LogP contribution >= 0.6 is 0 Å². The molecule has 2 heterocycles. The highest BCUT2D eigenvalue weighted by atomic mass is 16.5. The lowest BCUT2D eigenvalue weighted by molar-refractivity contribution is -0.131. The summed E-state index contributed by atoms with van der Waals surface area (Å²) in [6.45, 7) is 1.41. The zero-order valence-electron chi connectivity index (χ0n) is 11.1. The molecule has 0 spiro atoms. The molecule has 0 radical (unpaired) electrons. The summed E-state index contributed by atoms with van der Waals surface area (Å²) in [4.78, 5) is 18.6. The molecule has 0 aliphatic rings. The van der Waals surface area contributed by atoms with Crippen molar-refractivity contribution in [1.29, 1.82) is 0 Å². The first kappa shape index (κ1) is 12.4. The lowest BCUT2D eigenvalue weighted by Gasteiger charge is -2.04. The molecule has 3 aromatic rings. The van der Waals surface area contributed by atoms with E-state index in [1.54, 1.807) is 12.4 Å². The van der Waals surface area contributed by atoms with E-state index in [0.29, 0.717) is 12.2 Å². The topological polar surface area (TPSA) is 55.0 Å². The monoisotopic (exact) mass is 266 g/mol. The lowest BCUT2D eigenvalue weighted by Crippen LogP contribution is -2.03. The first-order chi connectivity index (χ1) is 9.74. The Hall–Kier alpha value is -2.62. The number of esters is 1. The number of benzene rings is 1. The summed E-state index contributed by atoms with van der Waals surface area (Å²) in [5.74, 6) is 0.302. The molecule has 20 heavy (non-hydrogen) atoms. The van der Waals surface area contributed by atoms with Crippen molar-refractivity contribution in [3.05, 3.63) is 60.0 Å². The van der Waals surface area contributed by atoms with Crippen molar-refractivity contribution in [1.82, 2.24) is 9.97 Å². The third kappa shape index (κ3) is 2.40. The first-order valence-electron chi connectivity index (χ1n) is 6.41. The van der Waals surface area contributed by atoms with Crippen LogP contribution in [-0.4, -0.2) is 15.9 Å². The lowest BCUT2D eigenvalue weighted by atomic mass is 10.1. The number of nitrogens with one attached hydrogen (secondary N) is 1. The minimum Gasteiger partial charge on any atom is -0.424 e. The fourth-order valence-corrected chi connectivity index (χ4v) is 2.26. The number of hydrogen-bond donors (Lipinski definition) is 1. The maximum absolute atomic E-state index is 11.3. The number of hydrogen-bond acceptors (Lipinski definition) is 3. The average Bonchev–Trinajstić information content (AvgIpc) is 2.78. The highest BCUT2D eigenvalue weighted by Gasteiger charge is 2.14. The van der Waals surface area contributed by atoms with Crippen LogP contribution in [-0.2, 0) is 11.2 Å². The number of ether oxygens (including phenoxy) is 1. The molecule has 0 saturated heterocycles. The van der Waals surface area contributed by atoms with Gasteiger partial charge in [-0.05, 0) is 29.8 Å². The average molecular weight is 266 g/mol. The third-order valence-electron chi connectivity index (χ3n) is 3.11. The van der Waals surface area contributed by atoms with Gasteiger partial charge in [0.1, 0.15) is 0 Å². The van der Waals surface area contributed by atoms with Gasteiger partial charge in [0.25, 0.3) is 0 Å². The van der Waals surface area contributed by atoms with Crippen LogP contribution in [0.2, 0.25) is 0 Å². The van der Waals surface area contributed by atoms with Crippen LogP contribution in [0.5, 0.6) is 5.75 Å². The maximum atomic E-state index is 11.3. The van der Waals surface area contributed by atoms with Gasteiger partial charge >= 0.3 is 5.97 Å². The van der Waals surface area contributed by atoms with Crippen LogP contribution in [0.15, 0.2) is 48.8 Å². The molecule has 0 fully saturated rings. The van der Waals surface area contributed by atoms with Crippen molar-refractivity contribution in [3.63, 3.8) is 0 Å². The standard InChI is InChI=1S/C16H14N2O2/c1-11(19)20-16-13-4-2-3-5-14(13)18-15(16)10-12-6-8-17-9-7-12/h2-9,18H,10H2,1H3. The van der Waals surface area contributed by atoms with Crippen molar-refractivity contribution in [2.45, 2.75) is 13.3 Å². The van der Waals surface area contributed by atoms with Crippen LogP contribution in [0.25, 0.3) is 10.9 Å². The largest absolute Gasteiger partial charge is 0.424 e. The highest BCUT2D eigenvalue weighted by molar-refractivity contribution is 5.90. The van der Waals surface area contributed by atoms with E-state index < -0.39 is 0 Å². The van der Waals surface area contributed by atoms with Gasteiger partial charge in [-0.1, -0.05) is 12.1 Å². The van der Waals surface area contributed by atoms with Crippen molar-refractivity contribution < 1.29 is 9.53 Å². The molecule has 100 valence electrons. The molecule has 0 amide bonds. The number of nitrogens with zero attached hydrogens (tertiary/aromatic N) is 1. The van der Waals surface area contributed by atoms with Crippen molar-refractivity contribution in [2.24, 2.45) is 0 Å². The SMILES string of the molecule is CC(=O)Oc1c(Cc2ccncc2)[nH]c2ccccc12. The summed E-state index contributed by atoms with van der Waals surface area (Å²) in [6.07, 6.45) is 4.17. The summed E-state index contributed by atoms with van der Waals surface area (Å²) < 4.78 is 5.39. The first-order valence-corrected chi connectivity index (χ1v) is 6.41. The molecule has 1 N–H and O–H groups in total. The number of fused-ring (bicyclic) bond motifs is 1. The molecular formula is C16H14N2O2. The molecule has 4 heteroatoms. The van der Waals surface area contributed by atoms with Crippen LogP contribution in [0, 0.1) is 0 Å². The van der Waals surface area contributed by atoms with Crippen LogP contribution in [0.4, 0.5) is 0 Å².